The number of aromatic amines is 1. The Labute approximate surface area is 188 Å². The average molecular weight is 480 g/mol. The lowest BCUT2D eigenvalue weighted by Gasteiger charge is -2.16. The second-order valence-corrected chi connectivity index (χ2v) is 9.98. The van der Waals surface area contributed by atoms with Gasteiger partial charge in [0.2, 0.25) is 15.9 Å². The van der Waals surface area contributed by atoms with Crippen molar-refractivity contribution >= 4 is 44.4 Å². The Hall–Kier alpha value is -2.96. The molecule has 0 aliphatic carbocycles. The van der Waals surface area contributed by atoms with Crippen LogP contribution >= 0.6 is 11.6 Å². The quantitative estimate of drug-likeness (QED) is 0.448. The third kappa shape index (κ3) is 4.92. The van der Waals surface area contributed by atoms with E-state index in [0.717, 1.165) is 27.4 Å². The summed E-state index contributed by atoms with van der Waals surface area (Å²) in [6.07, 6.45) is 6.41. The highest BCUT2D eigenvalue weighted by atomic mass is 35.5. The van der Waals surface area contributed by atoms with Crippen LogP contribution in [0, 0.1) is 0 Å². The Morgan fingerprint density at radius 1 is 1.34 bits per heavy atom. The van der Waals surface area contributed by atoms with E-state index in [2.05, 4.69) is 25.6 Å². The number of hydrogen-bond acceptors (Lipinski definition) is 7. The molecule has 13 heteroatoms. The first-order chi connectivity index (χ1) is 15.2. The molecule has 1 fully saturated rings. The molecule has 1 atom stereocenters. The highest BCUT2D eigenvalue weighted by Crippen LogP contribution is 2.16. The summed E-state index contributed by atoms with van der Waals surface area (Å²) in [5.74, 6) is -0.380. The first kappa shape index (κ1) is 22.2. The third-order valence-corrected chi connectivity index (χ3v) is 6.79. The summed E-state index contributed by atoms with van der Waals surface area (Å²) in [5, 5.41) is 6.68. The molecule has 0 unspecified atom stereocenters. The van der Waals surface area contributed by atoms with Crippen molar-refractivity contribution in [1.29, 1.82) is 0 Å². The fraction of sp³-hybridized carbons (Fsp3) is 0.368. The Bertz CT molecular complexity index is 1320. The molecule has 0 aromatic carbocycles. The predicted octanol–water partition coefficient (Wildman–Crippen LogP) is 0.535. The lowest BCUT2D eigenvalue weighted by Crippen LogP contribution is -2.36. The Kier molecular flexibility index (Phi) is 6.17. The first-order valence-electron chi connectivity index (χ1n) is 9.86. The molecule has 1 saturated heterocycles. The summed E-state index contributed by atoms with van der Waals surface area (Å²) in [4.78, 5) is 36.6. The number of carbonyl (C=O) groups is 1. The van der Waals surface area contributed by atoms with Gasteiger partial charge >= 0.3 is 0 Å². The van der Waals surface area contributed by atoms with Crippen molar-refractivity contribution in [2.45, 2.75) is 25.6 Å². The zero-order valence-corrected chi connectivity index (χ0v) is 18.8. The number of rotatable bonds is 7. The van der Waals surface area contributed by atoms with Gasteiger partial charge in [0, 0.05) is 43.5 Å². The number of pyridine rings is 1. The lowest BCUT2D eigenvalue weighted by atomic mass is 10.2. The molecule has 4 heterocycles. The predicted molar refractivity (Wildman–Crippen MR) is 120 cm³/mol. The van der Waals surface area contributed by atoms with E-state index in [1.165, 1.54) is 10.5 Å². The minimum absolute atomic E-state index is 0.0182. The zero-order valence-electron chi connectivity index (χ0n) is 17.2. The fourth-order valence-corrected chi connectivity index (χ4v) is 4.61. The molecule has 1 aliphatic rings. The van der Waals surface area contributed by atoms with Crippen LogP contribution in [-0.2, 0) is 27.9 Å². The standard InChI is InChI=1S/C19H22ClN7O4S/c1-32(30,31)26-5-3-14(10-26)25-18-19(29)27(15(20)9-24-18)11-16(28)22-7-12-6-13-2-4-21-17(13)23-8-12/h2,4,6,8-9,14H,3,5,7,10-11H2,1H3,(H,21,23)(H,22,28)(H,24,25)/t14-/m0/s1. The van der Waals surface area contributed by atoms with Crippen LogP contribution in [0.2, 0.25) is 5.15 Å². The molecule has 1 amide bonds. The highest BCUT2D eigenvalue weighted by molar-refractivity contribution is 7.88. The fourth-order valence-electron chi connectivity index (χ4n) is 3.54. The monoisotopic (exact) mass is 479 g/mol. The molecule has 4 rings (SSSR count). The molecule has 0 radical (unpaired) electrons. The van der Waals surface area contributed by atoms with Gasteiger partial charge in [0.15, 0.2) is 5.82 Å². The van der Waals surface area contributed by atoms with Gasteiger partial charge in [0.1, 0.15) is 17.3 Å². The normalized spacial score (nSPS) is 17.0. The highest BCUT2D eigenvalue weighted by Gasteiger charge is 2.29. The topological polar surface area (TPSA) is 142 Å². The zero-order chi connectivity index (χ0) is 22.9. The molecule has 3 aromatic heterocycles. The molecule has 3 aromatic rings. The number of nitrogens with one attached hydrogen (secondary N) is 3. The van der Waals surface area contributed by atoms with E-state index in [4.69, 9.17) is 11.6 Å². The van der Waals surface area contributed by atoms with Crippen LogP contribution in [0.25, 0.3) is 11.0 Å². The summed E-state index contributed by atoms with van der Waals surface area (Å²) < 4.78 is 25.8. The third-order valence-electron chi connectivity index (χ3n) is 5.21. The number of aromatic nitrogens is 4. The van der Waals surface area contributed by atoms with Crippen molar-refractivity contribution in [3.05, 3.63) is 51.8 Å². The molecule has 1 aliphatic heterocycles. The molecule has 3 N–H and O–H groups in total. The number of hydrogen-bond donors (Lipinski definition) is 3. The molecule has 170 valence electrons. The summed E-state index contributed by atoms with van der Waals surface area (Å²) in [6, 6.07) is 3.54. The van der Waals surface area contributed by atoms with E-state index in [-0.39, 0.29) is 36.6 Å². The van der Waals surface area contributed by atoms with Crippen LogP contribution in [0.4, 0.5) is 5.82 Å². The maximum Gasteiger partial charge on any atom is 0.294 e. The smallest absolute Gasteiger partial charge is 0.294 e. The molecular weight excluding hydrogens is 458 g/mol. The van der Waals surface area contributed by atoms with Gasteiger partial charge in [0.25, 0.3) is 5.56 Å². The van der Waals surface area contributed by atoms with E-state index in [1.807, 2.05) is 12.1 Å². The average Bonchev–Trinajstić information content (AvgIpc) is 3.40. The van der Waals surface area contributed by atoms with Crippen molar-refractivity contribution in [3.8, 4) is 0 Å². The summed E-state index contributed by atoms with van der Waals surface area (Å²) in [7, 11) is -3.30. The van der Waals surface area contributed by atoms with Crippen molar-refractivity contribution in [2.24, 2.45) is 0 Å². The molecular formula is C19H22ClN7O4S. The molecule has 0 bridgehead atoms. The molecule has 32 heavy (non-hydrogen) atoms. The minimum atomic E-state index is -3.30. The van der Waals surface area contributed by atoms with Crippen LogP contribution in [-0.4, -0.2) is 63.5 Å². The van der Waals surface area contributed by atoms with Gasteiger partial charge in [-0.25, -0.2) is 22.7 Å². The van der Waals surface area contributed by atoms with E-state index in [1.54, 1.807) is 12.4 Å². The van der Waals surface area contributed by atoms with Crippen LogP contribution in [0.15, 0.2) is 35.5 Å². The van der Waals surface area contributed by atoms with Gasteiger partial charge in [-0.1, -0.05) is 11.6 Å². The van der Waals surface area contributed by atoms with Gasteiger partial charge in [0.05, 0.1) is 12.5 Å². The van der Waals surface area contributed by atoms with Crippen LogP contribution in [0.1, 0.15) is 12.0 Å². The maximum atomic E-state index is 12.8. The van der Waals surface area contributed by atoms with Gasteiger partial charge in [-0.2, -0.15) is 0 Å². The van der Waals surface area contributed by atoms with Gasteiger partial charge in [-0.05, 0) is 24.1 Å². The Morgan fingerprint density at radius 3 is 2.91 bits per heavy atom. The van der Waals surface area contributed by atoms with Crippen LogP contribution in [0.3, 0.4) is 0 Å². The molecule has 0 spiro atoms. The molecule has 0 saturated carbocycles. The number of sulfonamides is 1. The van der Waals surface area contributed by atoms with Crippen molar-refractivity contribution in [2.75, 3.05) is 24.7 Å². The first-order valence-corrected chi connectivity index (χ1v) is 12.1. The second-order valence-electron chi connectivity index (χ2n) is 7.61. The Morgan fingerprint density at radius 2 is 2.16 bits per heavy atom. The van der Waals surface area contributed by atoms with Gasteiger partial charge in [-0.15, -0.1) is 0 Å². The van der Waals surface area contributed by atoms with Crippen molar-refractivity contribution < 1.29 is 13.2 Å². The number of halogens is 1. The van der Waals surface area contributed by atoms with Gasteiger partial charge in [-0.3, -0.25) is 14.2 Å². The van der Waals surface area contributed by atoms with E-state index < -0.39 is 21.5 Å². The minimum Gasteiger partial charge on any atom is -0.361 e. The largest absolute Gasteiger partial charge is 0.361 e. The summed E-state index contributed by atoms with van der Waals surface area (Å²) >= 11 is 6.11. The second kappa shape index (κ2) is 8.88. The van der Waals surface area contributed by atoms with Crippen LogP contribution < -0.4 is 16.2 Å². The van der Waals surface area contributed by atoms with Gasteiger partial charge < -0.3 is 15.6 Å². The lowest BCUT2D eigenvalue weighted by molar-refractivity contribution is -0.121. The summed E-state index contributed by atoms with van der Waals surface area (Å²) in [6.45, 7) is 0.570. The van der Waals surface area contributed by atoms with Crippen LogP contribution in [0.5, 0.6) is 0 Å². The number of anilines is 1. The number of nitrogens with zero attached hydrogens (tertiary/aromatic N) is 4. The maximum absolute atomic E-state index is 12.8. The van der Waals surface area contributed by atoms with Crippen molar-refractivity contribution in [1.82, 2.24) is 29.1 Å². The summed E-state index contributed by atoms with van der Waals surface area (Å²) in [5.41, 5.74) is 1.02. The van der Waals surface area contributed by atoms with E-state index in [0.29, 0.717) is 13.0 Å². The number of amides is 1. The van der Waals surface area contributed by atoms with Crippen molar-refractivity contribution in [3.63, 3.8) is 0 Å². The number of fused-ring (bicyclic) bond motifs is 1. The Balaban J connectivity index is 1.40. The number of H-pyrrole nitrogens is 1. The van der Waals surface area contributed by atoms with E-state index >= 15 is 0 Å². The SMILES string of the molecule is CS(=O)(=O)N1CC[C@H](Nc2ncc(Cl)n(CC(=O)NCc3cnc4[nH]ccc4c3)c2=O)C1. The van der Waals surface area contributed by atoms with E-state index in [9.17, 15) is 18.0 Å². The number of carbonyl (C=O) groups excluding carboxylic acids is 1. The molecule has 11 nitrogen and oxygen atoms in total.